The van der Waals surface area contributed by atoms with Crippen molar-refractivity contribution < 1.29 is 19.7 Å². The minimum Gasteiger partial charge on any atom is -0.490 e. The van der Waals surface area contributed by atoms with E-state index in [1.54, 1.807) is 12.1 Å². The maximum atomic E-state index is 9.80. The van der Waals surface area contributed by atoms with Crippen molar-refractivity contribution in [2.45, 2.75) is 52.7 Å². The normalized spacial score (nSPS) is 13.8. The van der Waals surface area contributed by atoms with Crippen molar-refractivity contribution in [2.75, 3.05) is 13.2 Å². The van der Waals surface area contributed by atoms with Crippen LogP contribution in [0.1, 0.15) is 40.5 Å². The molecule has 0 aliphatic heterocycles. The van der Waals surface area contributed by atoms with Gasteiger partial charge in [0.2, 0.25) is 0 Å². The van der Waals surface area contributed by atoms with Crippen LogP contribution in [-0.2, 0) is 0 Å². The smallest absolute Gasteiger partial charge is 0.174 e. The molecule has 1 rings (SSSR count). The minimum atomic E-state index is -0.495. The van der Waals surface area contributed by atoms with Crippen molar-refractivity contribution in [3.63, 3.8) is 0 Å². The quantitative estimate of drug-likeness (QED) is 0.698. The zero-order chi connectivity index (χ0) is 16.5. The van der Waals surface area contributed by atoms with Gasteiger partial charge in [0.1, 0.15) is 19.0 Å². The summed E-state index contributed by atoms with van der Waals surface area (Å²) in [6.07, 6.45) is 0.418. The minimum absolute atomic E-state index is 0.224. The van der Waals surface area contributed by atoms with Crippen molar-refractivity contribution in [3.05, 3.63) is 24.3 Å². The van der Waals surface area contributed by atoms with Crippen molar-refractivity contribution in [1.82, 2.24) is 0 Å². The fourth-order valence-corrected chi connectivity index (χ4v) is 2.15. The van der Waals surface area contributed by atoms with Crippen LogP contribution >= 0.6 is 0 Å². The van der Waals surface area contributed by atoms with Crippen LogP contribution in [0, 0.1) is 24.0 Å². The third-order valence-corrected chi connectivity index (χ3v) is 3.04. The lowest BCUT2D eigenvalue weighted by Crippen LogP contribution is -2.20. The Hall–Kier alpha value is -1.44. The molecule has 1 aromatic rings. The van der Waals surface area contributed by atoms with E-state index in [9.17, 15) is 10.2 Å². The molecule has 0 aromatic heterocycles. The molecule has 0 saturated heterocycles. The average molecular weight is 308 g/mol. The summed E-state index contributed by atoms with van der Waals surface area (Å²) in [6, 6.07) is 9.00. The van der Waals surface area contributed by atoms with E-state index in [-0.39, 0.29) is 13.2 Å². The highest BCUT2D eigenvalue weighted by atomic mass is 16.5. The van der Waals surface area contributed by atoms with Crippen LogP contribution in [0.4, 0.5) is 0 Å². The first-order chi connectivity index (χ1) is 10.4. The van der Waals surface area contributed by atoms with Crippen LogP contribution in [0.3, 0.4) is 0 Å². The maximum absolute atomic E-state index is 9.80. The van der Waals surface area contributed by atoms with Gasteiger partial charge in [0.05, 0.1) is 12.2 Å². The molecular weight excluding hydrogens is 280 g/mol. The topological polar surface area (TPSA) is 58.9 Å². The highest BCUT2D eigenvalue weighted by Crippen LogP contribution is 2.17. The summed E-state index contributed by atoms with van der Waals surface area (Å²) in [6.45, 7) is 8.69. The van der Waals surface area contributed by atoms with Gasteiger partial charge in [-0.25, -0.2) is 0 Å². The summed E-state index contributed by atoms with van der Waals surface area (Å²) in [4.78, 5) is 0. The highest BCUT2D eigenvalue weighted by Gasteiger charge is 2.10. The number of aliphatic hydroxyl groups excluding tert-OH is 2. The van der Waals surface area contributed by atoms with E-state index in [4.69, 9.17) is 9.47 Å². The summed E-state index contributed by atoms with van der Waals surface area (Å²) in [5, 5.41) is 19.6. The van der Waals surface area contributed by atoms with Gasteiger partial charge in [0, 0.05) is 12.1 Å². The second-order valence-corrected chi connectivity index (χ2v) is 6.51. The first-order valence-corrected chi connectivity index (χ1v) is 7.92. The van der Waals surface area contributed by atoms with Gasteiger partial charge < -0.3 is 19.7 Å². The van der Waals surface area contributed by atoms with Gasteiger partial charge in [-0.15, -0.1) is 0 Å². The maximum Gasteiger partial charge on any atom is 0.174 e. The molecule has 2 N–H and O–H groups in total. The summed E-state index contributed by atoms with van der Waals surface area (Å²) >= 11 is 0. The summed E-state index contributed by atoms with van der Waals surface area (Å²) in [5.41, 5.74) is 0. The molecule has 0 spiro atoms. The lowest BCUT2D eigenvalue weighted by molar-refractivity contribution is 0.0861. The largest absolute Gasteiger partial charge is 0.490 e. The Labute approximate surface area is 134 Å². The van der Waals surface area contributed by atoms with Crippen LogP contribution in [0.5, 0.6) is 11.5 Å². The van der Waals surface area contributed by atoms with Gasteiger partial charge in [-0.1, -0.05) is 33.8 Å². The lowest BCUT2D eigenvalue weighted by Gasteiger charge is -2.15. The second-order valence-electron chi connectivity index (χ2n) is 6.51. The summed E-state index contributed by atoms with van der Waals surface area (Å²) in [7, 11) is 0. The van der Waals surface area contributed by atoms with Gasteiger partial charge in [0.25, 0.3) is 0 Å². The molecule has 0 aliphatic rings. The zero-order valence-corrected chi connectivity index (χ0v) is 14.0. The van der Waals surface area contributed by atoms with E-state index >= 15 is 0 Å². The van der Waals surface area contributed by atoms with Crippen molar-refractivity contribution in [1.29, 1.82) is 0 Å². The number of hydrogen-bond acceptors (Lipinski definition) is 4. The van der Waals surface area contributed by atoms with E-state index in [0.29, 0.717) is 36.2 Å². The molecule has 0 aliphatic carbocycles. The first kappa shape index (κ1) is 18.6. The van der Waals surface area contributed by atoms with E-state index in [1.807, 2.05) is 0 Å². The molecule has 2 atom stereocenters. The molecular formula is C18H28O4. The SMILES string of the molecule is CC(C)CC(O)COc1c#ccc(OCC(O)CC(C)C)c1. The van der Waals surface area contributed by atoms with Crippen molar-refractivity contribution >= 4 is 0 Å². The van der Waals surface area contributed by atoms with Gasteiger partial charge in [0.15, 0.2) is 5.75 Å². The zero-order valence-electron chi connectivity index (χ0n) is 14.0. The van der Waals surface area contributed by atoms with E-state index in [2.05, 4.69) is 39.8 Å². The Balaban J connectivity index is 2.41. The molecule has 0 amide bonds. The predicted octanol–water partition coefficient (Wildman–Crippen LogP) is 2.86. The van der Waals surface area contributed by atoms with Crippen LogP contribution in [0.2, 0.25) is 0 Å². The average Bonchev–Trinajstić information content (AvgIpc) is 2.42. The third kappa shape index (κ3) is 8.11. The Kier molecular flexibility index (Phi) is 8.08. The molecule has 0 saturated carbocycles. The number of aliphatic hydroxyl groups is 2. The molecule has 4 heteroatoms. The molecule has 0 bridgehead atoms. The van der Waals surface area contributed by atoms with Crippen molar-refractivity contribution in [2.24, 2.45) is 11.8 Å². The standard InChI is InChI=1S/C18H28O4/c1-13(2)8-15(19)11-21-17-6-5-7-18(10-17)22-12-16(20)9-14(3)4/h6,10,13-16,19-20H,8-9,11-12H2,1-4H3. The molecule has 124 valence electrons. The Morgan fingerprint density at radius 1 is 0.955 bits per heavy atom. The van der Waals surface area contributed by atoms with Gasteiger partial charge in [-0.05, 0) is 30.7 Å². The molecule has 22 heavy (non-hydrogen) atoms. The fraction of sp³-hybridized carbons (Fsp3) is 0.667. The summed E-state index contributed by atoms with van der Waals surface area (Å²) < 4.78 is 11.0. The molecule has 0 fully saturated rings. The van der Waals surface area contributed by atoms with Gasteiger partial charge in [-0.2, -0.15) is 0 Å². The predicted molar refractivity (Wildman–Crippen MR) is 86.0 cm³/mol. The van der Waals surface area contributed by atoms with E-state index in [0.717, 1.165) is 0 Å². The monoisotopic (exact) mass is 308 g/mol. The van der Waals surface area contributed by atoms with Crippen LogP contribution < -0.4 is 9.47 Å². The van der Waals surface area contributed by atoms with Gasteiger partial charge >= 0.3 is 0 Å². The van der Waals surface area contributed by atoms with Crippen LogP contribution in [0.15, 0.2) is 12.1 Å². The lowest BCUT2D eigenvalue weighted by atomic mass is 10.1. The first-order valence-electron chi connectivity index (χ1n) is 7.92. The number of hydrogen-bond donors (Lipinski definition) is 2. The Morgan fingerprint density at radius 2 is 1.50 bits per heavy atom. The molecule has 4 nitrogen and oxygen atoms in total. The van der Waals surface area contributed by atoms with Crippen LogP contribution in [-0.4, -0.2) is 35.6 Å². The fourth-order valence-electron chi connectivity index (χ4n) is 2.15. The number of rotatable bonds is 10. The molecule has 1 aromatic carbocycles. The van der Waals surface area contributed by atoms with Crippen molar-refractivity contribution in [3.8, 4) is 11.5 Å². The van der Waals surface area contributed by atoms with E-state index < -0.39 is 12.2 Å². The molecule has 2 unspecified atom stereocenters. The summed E-state index contributed by atoms with van der Waals surface area (Å²) in [5.74, 6) is 1.91. The molecule has 0 radical (unpaired) electrons. The van der Waals surface area contributed by atoms with Crippen LogP contribution in [0.25, 0.3) is 0 Å². The Morgan fingerprint density at radius 3 is 2.05 bits per heavy atom. The Bertz CT molecular complexity index is 382. The number of ether oxygens (including phenoxy) is 2. The molecule has 0 heterocycles. The van der Waals surface area contributed by atoms with E-state index in [1.165, 1.54) is 0 Å². The van der Waals surface area contributed by atoms with Gasteiger partial charge in [-0.3, -0.25) is 0 Å². The highest BCUT2D eigenvalue weighted by molar-refractivity contribution is 5.28. The second kappa shape index (κ2) is 9.55. The third-order valence-electron chi connectivity index (χ3n) is 3.04.